The van der Waals surface area contributed by atoms with Crippen molar-refractivity contribution in [3.05, 3.63) is 0 Å². The number of unbranched alkanes of at least 4 members (excludes halogenated alkanes) is 11. The van der Waals surface area contributed by atoms with Crippen LogP contribution < -0.4 is 0 Å². The molecule has 0 aromatic carbocycles. The minimum Gasteiger partial charge on any atom is -0.264 e. The molecule has 35 heavy (non-hydrogen) atoms. The van der Waals surface area contributed by atoms with Crippen molar-refractivity contribution >= 4 is 55.6 Å². The van der Waals surface area contributed by atoms with Gasteiger partial charge in [0.15, 0.2) is 0 Å². The van der Waals surface area contributed by atoms with Crippen LogP contribution in [0.4, 0.5) is 0 Å². The molecule has 0 fully saturated rings. The summed E-state index contributed by atoms with van der Waals surface area (Å²) in [4.78, 5) is 0. The molecule has 0 amide bonds. The minimum absolute atomic E-state index is 0.00291. The zero-order chi connectivity index (χ0) is 26.7. The molecule has 0 aliphatic rings. The van der Waals surface area contributed by atoms with Crippen LogP contribution in [-0.4, -0.2) is 54.8 Å². The van der Waals surface area contributed by atoms with E-state index in [-0.39, 0.29) is 12.0 Å². The van der Waals surface area contributed by atoms with Crippen LogP contribution in [0.15, 0.2) is 0 Å². The van der Waals surface area contributed by atoms with Gasteiger partial charge in [0.25, 0.3) is 0 Å². The highest BCUT2D eigenvalue weighted by Crippen LogP contribution is 2.28. The van der Waals surface area contributed by atoms with Gasteiger partial charge < -0.3 is 0 Å². The van der Waals surface area contributed by atoms with Crippen LogP contribution >= 0.6 is 34.8 Å². The first-order valence-electron chi connectivity index (χ1n) is 12.6. The fourth-order valence-corrected chi connectivity index (χ4v) is 6.12. The van der Waals surface area contributed by atoms with E-state index in [1.54, 1.807) is 0 Å². The molecule has 0 heterocycles. The van der Waals surface area contributed by atoms with E-state index < -0.39 is 37.7 Å². The van der Waals surface area contributed by atoms with Gasteiger partial charge in [-0.15, -0.1) is 34.8 Å². The Hall–Kier alpha value is 0.610. The topological polar surface area (TPSA) is 127 Å². The average molecular weight is 606 g/mol. The predicted molar refractivity (Wildman–Crippen MR) is 142 cm³/mol. The van der Waals surface area contributed by atoms with E-state index in [4.69, 9.17) is 48.1 Å². The lowest BCUT2D eigenvalue weighted by Crippen LogP contribution is -2.37. The van der Waals surface area contributed by atoms with E-state index in [1.165, 1.54) is 0 Å². The van der Waals surface area contributed by atoms with Crippen LogP contribution in [0.3, 0.4) is 0 Å². The Kier molecular flexibility index (Phi) is 20.9. The Labute approximate surface area is 227 Å². The highest BCUT2D eigenvalue weighted by molar-refractivity contribution is 7.81. The van der Waals surface area contributed by atoms with Gasteiger partial charge in [0.05, 0.1) is 17.4 Å². The van der Waals surface area contributed by atoms with Gasteiger partial charge in [-0.1, -0.05) is 84.0 Å². The molecule has 8 nitrogen and oxygen atoms in total. The monoisotopic (exact) mass is 604 g/mol. The van der Waals surface area contributed by atoms with E-state index in [1.807, 2.05) is 0 Å². The molecule has 0 saturated carbocycles. The molecule has 0 aromatic rings. The SMILES string of the molecule is CCCCCCCC(Cl)C(OS(=O)(=O)O)C(Cl)CC(Cl)CCCCCCCCCCOS(=O)(=O)O. The Balaban J connectivity index is 4.13. The van der Waals surface area contributed by atoms with Crippen LogP contribution in [0.1, 0.15) is 110 Å². The first-order valence-corrected chi connectivity index (χ1v) is 16.6. The summed E-state index contributed by atoms with van der Waals surface area (Å²) in [5.74, 6) is 0. The van der Waals surface area contributed by atoms with Crippen molar-refractivity contribution in [2.45, 2.75) is 132 Å². The minimum atomic E-state index is -4.69. The molecule has 0 aliphatic heterocycles. The van der Waals surface area contributed by atoms with Gasteiger partial charge in [0, 0.05) is 5.38 Å². The van der Waals surface area contributed by atoms with E-state index in [2.05, 4.69) is 11.1 Å². The van der Waals surface area contributed by atoms with Gasteiger partial charge in [-0.25, -0.2) is 8.37 Å². The van der Waals surface area contributed by atoms with Gasteiger partial charge >= 0.3 is 20.8 Å². The summed E-state index contributed by atoms with van der Waals surface area (Å²) in [5, 5.41) is -1.66. The first-order chi connectivity index (χ1) is 16.4. The van der Waals surface area contributed by atoms with Crippen molar-refractivity contribution in [1.29, 1.82) is 0 Å². The smallest absolute Gasteiger partial charge is 0.264 e. The van der Waals surface area contributed by atoms with Gasteiger partial charge in [-0.3, -0.25) is 9.11 Å². The van der Waals surface area contributed by atoms with Crippen molar-refractivity contribution in [2.24, 2.45) is 0 Å². The Morgan fingerprint density at radius 3 is 1.66 bits per heavy atom. The second-order valence-electron chi connectivity index (χ2n) is 8.92. The second-order valence-corrected chi connectivity index (χ2v) is 12.8. The third-order valence-electron chi connectivity index (χ3n) is 5.65. The zero-order valence-corrected chi connectivity index (χ0v) is 24.5. The number of halogens is 3. The molecule has 4 unspecified atom stereocenters. The van der Waals surface area contributed by atoms with Crippen molar-refractivity contribution in [2.75, 3.05) is 6.61 Å². The third kappa shape index (κ3) is 23.5. The normalized spacial score (nSPS) is 16.2. The molecule has 13 heteroatoms. The number of rotatable bonds is 24. The molecule has 0 rings (SSSR count). The molecule has 0 saturated heterocycles. The zero-order valence-electron chi connectivity index (χ0n) is 20.6. The van der Waals surface area contributed by atoms with Gasteiger partial charge in [0.2, 0.25) is 0 Å². The molecule has 0 radical (unpaired) electrons. The molecule has 2 N–H and O–H groups in total. The van der Waals surface area contributed by atoms with Crippen LogP contribution in [0.5, 0.6) is 0 Å². The van der Waals surface area contributed by atoms with Crippen LogP contribution in [0.25, 0.3) is 0 Å². The van der Waals surface area contributed by atoms with Gasteiger partial charge in [-0.05, 0) is 25.7 Å². The highest BCUT2D eigenvalue weighted by Gasteiger charge is 2.33. The first kappa shape index (κ1) is 35.6. The summed E-state index contributed by atoms with van der Waals surface area (Å²) in [6.45, 7) is 2.12. The van der Waals surface area contributed by atoms with Crippen LogP contribution in [-0.2, 0) is 29.2 Å². The molecule has 0 spiro atoms. The van der Waals surface area contributed by atoms with Crippen molar-refractivity contribution < 1.29 is 34.3 Å². The fraction of sp³-hybridized carbons (Fsp3) is 1.00. The summed E-state index contributed by atoms with van der Waals surface area (Å²) >= 11 is 19.3. The van der Waals surface area contributed by atoms with Gasteiger partial charge in [-0.2, -0.15) is 16.8 Å². The summed E-state index contributed by atoms with van der Waals surface area (Å²) in [6.07, 6.45) is 13.1. The lowest BCUT2D eigenvalue weighted by atomic mass is 10.0. The lowest BCUT2D eigenvalue weighted by Gasteiger charge is -2.26. The van der Waals surface area contributed by atoms with E-state index >= 15 is 0 Å². The molecule has 0 aromatic heterocycles. The Morgan fingerprint density at radius 2 is 1.14 bits per heavy atom. The average Bonchev–Trinajstić information content (AvgIpc) is 2.74. The van der Waals surface area contributed by atoms with E-state index in [0.29, 0.717) is 19.3 Å². The summed E-state index contributed by atoms with van der Waals surface area (Å²) in [6, 6.07) is 0. The lowest BCUT2D eigenvalue weighted by molar-refractivity contribution is 0.164. The standard InChI is InChI=1S/C22H43Cl3O8S2/c1-2-3-4-9-13-16-20(24)22(33-35(29,30)31)21(25)18-19(23)15-12-10-7-5-6-8-11-14-17-32-34(26,27)28/h19-22H,2-18H2,1H3,(H,26,27,28)(H,29,30,31). The summed E-state index contributed by atoms with van der Waals surface area (Å²) < 4.78 is 70.2. The van der Waals surface area contributed by atoms with E-state index in [9.17, 15) is 16.8 Å². The highest BCUT2D eigenvalue weighted by atomic mass is 35.5. The third-order valence-corrected chi connectivity index (χ3v) is 7.87. The van der Waals surface area contributed by atoms with Crippen LogP contribution in [0.2, 0.25) is 0 Å². The largest absolute Gasteiger partial charge is 0.397 e. The van der Waals surface area contributed by atoms with Crippen molar-refractivity contribution in [3.8, 4) is 0 Å². The summed E-state index contributed by atoms with van der Waals surface area (Å²) in [5.41, 5.74) is 0. The molecule has 0 bridgehead atoms. The molecular formula is C22H43Cl3O8S2. The molecular weight excluding hydrogens is 563 g/mol. The summed E-state index contributed by atoms with van der Waals surface area (Å²) in [7, 11) is -9.03. The van der Waals surface area contributed by atoms with Gasteiger partial charge in [0.1, 0.15) is 6.10 Å². The fourth-order valence-electron chi connectivity index (χ4n) is 3.78. The maximum Gasteiger partial charge on any atom is 0.397 e. The number of alkyl halides is 3. The Morgan fingerprint density at radius 1 is 0.657 bits per heavy atom. The molecule has 0 aliphatic carbocycles. The van der Waals surface area contributed by atoms with Crippen LogP contribution in [0, 0.1) is 0 Å². The predicted octanol–water partition coefficient (Wildman–Crippen LogP) is 7.08. The number of hydrogen-bond donors (Lipinski definition) is 2. The maximum absolute atomic E-state index is 11.3. The van der Waals surface area contributed by atoms with Crippen molar-refractivity contribution in [1.82, 2.24) is 0 Å². The quantitative estimate of drug-likeness (QED) is 0.0679. The van der Waals surface area contributed by atoms with E-state index in [0.717, 1.165) is 83.5 Å². The molecule has 4 atom stereocenters. The number of hydrogen-bond acceptors (Lipinski definition) is 6. The maximum atomic E-state index is 11.3. The Bertz CT molecular complexity index is 722. The van der Waals surface area contributed by atoms with Crippen molar-refractivity contribution in [3.63, 3.8) is 0 Å². The second kappa shape index (κ2) is 20.6. The molecule has 212 valence electrons.